The summed E-state index contributed by atoms with van der Waals surface area (Å²) in [5, 5.41) is 11.6. The van der Waals surface area contributed by atoms with Crippen molar-refractivity contribution in [3.8, 4) is 17.7 Å². The third kappa shape index (κ3) is 4.82. The smallest absolute Gasteiger partial charge is 0.266 e. The largest absolute Gasteiger partial charge is 0.459 e. The van der Waals surface area contributed by atoms with Crippen LogP contribution in [0.4, 0.5) is 5.88 Å². The monoisotopic (exact) mass is 466 g/mol. The van der Waals surface area contributed by atoms with Crippen LogP contribution in [0.1, 0.15) is 36.3 Å². The molecule has 2 fully saturated rings. The summed E-state index contributed by atoms with van der Waals surface area (Å²) in [6, 6.07) is 9.71. The lowest BCUT2D eigenvalue weighted by Gasteiger charge is -2.34. The minimum absolute atomic E-state index is 0.0550. The second-order valence-electron chi connectivity index (χ2n) is 8.46. The first-order valence-corrected chi connectivity index (χ1v) is 12.2. The Hall–Kier alpha value is -3.09. The van der Waals surface area contributed by atoms with Crippen LogP contribution in [0, 0.1) is 17.2 Å². The van der Waals surface area contributed by atoms with Crippen molar-refractivity contribution in [3.63, 3.8) is 0 Å². The Balaban J connectivity index is 1.25. The van der Waals surface area contributed by atoms with Crippen LogP contribution in [0.25, 0.3) is 11.7 Å². The van der Waals surface area contributed by atoms with E-state index in [1.807, 2.05) is 21.2 Å². The van der Waals surface area contributed by atoms with Gasteiger partial charge in [-0.05, 0) is 49.3 Å². The predicted molar refractivity (Wildman–Crippen MR) is 123 cm³/mol. The zero-order chi connectivity index (χ0) is 22.6. The van der Waals surface area contributed by atoms with Gasteiger partial charge in [0.05, 0.1) is 18.9 Å². The summed E-state index contributed by atoms with van der Waals surface area (Å²) in [5.74, 6) is 1.36. The summed E-state index contributed by atoms with van der Waals surface area (Å²) < 4.78 is 17.0. The number of aromatic nitrogens is 1. The second kappa shape index (κ2) is 9.81. The minimum Gasteiger partial charge on any atom is -0.459 e. The molecule has 2 aliphatic heterocycles. The highest BCUT2D eigenvalue weighted by atomic mass is 32.1. The third-order valence-corrected chi connectivity index (χ3v) is 7.13. The quantitative estimate of drug-likeness (QED) is 0.512. The molecule has 0 aliphatic carbocycles. The number of ether oxygens (including phenoxy) is 1. The number of anilines is 1. The van der Waals surface area contributed by atoms with Crippen molar-refractivity contribution in [3.05, 3.63) is 46.5 Å². The number of hydrogen-bond donors (Lipinski definition) is 0. The van der Waals surface area contributed by atoms with E-state index >= 15 is 0 Å². The number of carbonyl (C=O) groups excluding carboxylic acids is 1. The van der Waals surface area contributed by atoms with Crippen LogP contribution in [-0.4, -0.2) is 48.1 Å². The van der Waals surface area contributed by atoms with Crippen LogP contribution in [0.15, 0.2) is 44.7 Å². The van der Waals surface area contributed by atoms with E-state index in [4.69, 9.17) is 13.6 Å². The van der Waals surface area contributed by atoms with Gasteiger partial charge in [0.1, 0.15) is 6.07 Å². The van der Waals surface area contributed by atoms with Crippen LogP contribution in [-0.2, 0) is 16.1 Å². The van der Waals surface area contributed by atoms with Gasteiger partial charge in [0.25, 0.3) is 5.89 Å². The zero-order valence-corrected chi connectivity index (χ0v) is 19.1. The SMILES string of the molecule is N#Cc1nc(-c2ccco2)oc1N1CCC(C(=O)N(Cc2cccs2)CC2CCCO2)CC1. The molecule has 9 heteroatoms. The fourth-order valence-electron chi connectivity index (χ4n) is 4.55. The van der Waals surface area contributed by atoms with E-state index in [1.165, 1.54) is 4.88 Å². The highest BCUT2D eigenvalue weighted by Crippen LogP contribution is 2.32. The molecule has 0 aromatic carbocycles. The van der Waals surface area contributed by atoms with E-state index in [9.17, 15) is 10.1 Å². The van der Waals surface area contributed by atoms with E-state index < -0.39 is 0 Å². The second-order valence-corrected chi connectivity index (χ2v) is 9.49. The van der Waals surface area contributed by atoms with Crippen LogP contribution in [0.2, 0.25) is 0 Å². The molecule has 5 heterocycles. The van der Waals surface area contributed by atoms with Crippen molar-refractivity contribution < 1.29 is 18.4 Å². The maximum absolute atomic E-state index is 13.5. The van der Waals surface area contributed by atoms with E-state index in [0.29, 0.717) is 56.6 Å². The summed E-state index contributed by atoms with van der Waals surface area (Å²) in [6.45, 7) is 3.31. The molecule has 2 saturated heterocycles. The van der Waals surface area contributed by atoms with Crippen LogP contribution >= 0.6 is 11.3 Å². The maximum atomic E-state index is 13.5. The summed E-state index contributed by atoms with van der Waals surface area (Å²) >= 11 is 1.68. The number of piperidine rings is 1. The Labute approximate surface area is 196 Å². The average molecular weight is 467 g/mol. The van der Waals surface area contributed by atoms with Crippen molar-refractivity contribution in [2.24, 2.45) is 5.92 Å². The third-order valence-electron chi connectivity index (χ3n) is 6.27. The average Bonchev–Trinajstić information content (AvgIpc) is 3.65. The van der Waals surface area contributed by atoms with E-state index in [0.717, 1.165) is 19.4 Å². The Morgan fingerprint density at radius 2 is 2.15 bits per heavy atom. The number of rotatable bonds is 7. The number of furan rings is 1. The molecule has 3 aromatic heterocycles. The topological polar surface area (TPSA) is 95.7 Å². The van der Waals surface area contributed by atoms with Gasteiger partial charge in [-0.25, -0.2) is 0 Å². The van der Waals surface area contributed by atoms with Gasteiger partial charge in [0, 0.05) is 37.0 Å². The first-order chi connectivity index (χ1) is 16.2. The van der Waals surface area contributed by atoms with Gasteiger partial charge in [0.2, 0.25) is 17.5 Å². The molecule has 1 atom stereocenters. The molecule has 0 saturated carbocycles. The van der Waals surface area contributed by atoms with Gasteiger partial charge in [-0.1, -0.05) is 6.07 Å². The molecular weight excluding hydrogens is 440 g/mol. The molecule has 172 valence electrons. The van der Waals surface area contributed by atoms with E-state index in [2.05, 4.69) is 17.1 Å². The number of oxazole rings is 1. The van der Waals surface area contributed by atoms with E-state index in [-0.39, 0.29) is 23.6 Å². The Kier molecular flexibility index (Phi) is 6.46. The summed E-state index contributed by atoms with van der Waals surface area (Å²) in [6.07, 6.45) is 5.14. The normalized spacial score (nSPS) is 19.0. The van der Waals surface area contributed by atoms with Gasteiger partial charge in [-0.3, -0.25) is 4.79 Å². The number of carbonyl (C=O) groups is 1. The van der Waals surface area contributed by atoms with Crippen molar-refractivity contribution in [2.45, 2.75) is 38.3 Å². The van der Waals surface area contributed by atoms with Gasteiger partial charge in [-0.15, -0.1) is 11.3 Å². The van der Waals surface area contributed by atoms with Crippen molar-refractivity contribution in [2.75, 3.05) is 31.1 Å². The van der Waals surface area contributed by atoms with E-state index in [1.54, 1.807) is 29.7 Å². The lowest BCUT2D eigenvalue weighted by Crippen LogP contribution is -2.44. The van der Waals surface area contributed by atoms with Crippen molar-refractivity contribution in [1.82, 2.24) is 9.88 Å². The molecule has 1 amide bonds. The molecule has 1 unspecified atom stereocenters. The number of nitriles is 1. The predicted octanol–water partition coefficient (Wildman–Crippen LogP) is 4.29. The van der Waals surface area contributed by atoms with Crippen LogP contribution in [0.3, 0.4) is 0 Å². The van der Waals surface area contributed by atoms with Crippen molar-refractivity contribution >= 4 is 23.1 Å². The molecule has 0 bridgehead atoms. The minimum atomic E-state index is -0.0550. The first kappa shape index (κ1) is 21.7. The fourth-order valence-corrected chi connectivity index (χ4v) is 5.27. The molecule has 3 aromatic rings. The van der Waals surface area contributed by atoms with Crippen LogP contribution < -0.4 is 4.90 Å². The zero-order valence-electron chi connectivity index (χ0n) is 18.3. The van der Waals surface area contributed by atoms with Gasteiger partial charge >= 0.3 is 0 Å². The molecule has 0 radical (unpaired) electrons. The molecule has 5 rings (SSSR count). The highest BCUT2D eigenvalue weighted by Gasteiger charge is 2.33. The van der Waals surface area contributed by atoms with Gasteiger partial charge in [-0.2, -0.15) is 10.2 Å². The lowest BCUT2D eigenvalue weighted by atomic mass is 9.95. The molecule has 2 aliphatic rings. The number of nitrogens with zero attached hydrogens (tertiary/aromatic N) is 4. The Morgan fingerprint density at radius 3 is 2.82 bits per heavy atom. The Morgan fingerprint density at radius 1 is 1.27 bits per heavy atom. The lowest BCUT2D eigenvalue weighted by molar-refractivity contribution is -0.138. The molecule has 0 spiro atoms. The number of amides is 1. The fraction of sp³-hybridized carbons (Fsp3) is 0.458. The summed E-state index contributed by atoms with van der Waals surface area (Å²) in [4.78, 5) is 22.9. The highest BCUT2D eigenvalue weighted by molar-refractivity contribution is 7.09. The van der Waals surface area contributed by atoms with Crippen LogP contribution in [0.5, 0.6) is 0 Å². The molecule has 0 N–H and O–H groups in total. The van der Waals surface area contributed by atoms with Crippen molar-refractivity contribution in [1.29, 1.82) is 5.26 Å². The summed E-state index contributed by atoms with van der Waals surface area (Å²) in [7, 11) is 0. The first-order valence-electron chi connectivity index (χ1n) is 11.3. The number of thiophene rings is 1. The maximum Gasteiger partial charge on any atom is 0.266 e. The Bertz CT molecular complexity index is 1090. The number of hydrogen-bond acceptors (Lipinski definition) is 8. The van der Waals surface area contributed by atoms with Gasteiger partial charge in [0.15, 0.2) is 5.76 Å². The molecular formula is C24H26N4O4S. The summed E-state index contributed by atoms with van der Waals surface area (Å²) in [5.41, 5.74) is 0.240. The molecule has 8 nitrogen and oxygen atoms in total. The van der Waals surface area contributed by atoms with Gasteiger partial charge < -0.3 is 23.4 Å². The standard InChI is InChI=1S/C24H26N4O4S/c25-14-20-24(32-22(26-20)21-6-2-12-31-21)27-9-7-17(8-10-27)23(29)28(15-18-4-1-11-30-18)16-19-5-3-13-33-19/h2-3,5-6,12-13,17-18H,1,4,7-11,15-16H2. The molecule has 33 heavy (non-hydrogen) atoms.